The topological polar surface area (TPSA) is 95.6 Å². The number of rotatable bonds is 6. The van der Waals surface area contributed by atoms with Gasteiger partial charge in [-0.3, -0.25) is 20.2 Å². The minimum Gasteiger partial charge on any atom is -0.343 e. The largest absolute Gasteiger partial charge is 2.00 e. The number of aromatic nitrogens is 6. The van der Waals surface area contributed by atoms with Crippen molar-refractivity contribution in [2.45, 2.75) is 33.1 Å². The van der Waals surface area contributed by atoms with E-state index in [1.54, 1.807) is 24.3 Å². The van der Waals surface area contributed by atoms with Gasteiger partial charge in [0.15, 0.2) is 0 Å². The van der Waals surface area contributed by atoms with Crippen LogP contribution in [0.15, 0.2) is 48.5 Å². The van der Waals surface area contributed by atoms with Crippen molar-refractivity contribution in [2.75, 3.05) is 0 Å². The molecule has 0 aromatic carbocycles. The van der Waals surface area contributed by atoms with Crippen molar-refractivity contribution >= 4 is 11.6 Å². The fourth-order valence-corrected chi connectivity index (χ4v) is 3.06. The number of ketones is 2. The predicted molar refractivity (Wildman–Crippen MR) is 113 cm³/mol. The summed E-state index contributed by atoms with van der Waals surface area (Å²) >= 11 is 0. The van der Waals surface area contributed by atoms with Gasteiger partial charge in [-0.2, -0.15) is 0 Å². The minimum atomic E-state index is -0.543. The molecule has 0 N–H and O–H groups in total. The Labute approximate surface area is 199 Å². The second-order valence-electron chi connectivity index (χ2n) is 7.64. The molecule has 8 nitrogen and oxygen atoms in total. The molecule has 164 valence electrons. The zero-order valence-electron chi connectivity index (χ0n) is 17.9. The summed E-state index contributed by atoms with van der Waals surface area (Å²) in [5, 5.41) is 8.47. The smallest absolute Gasteiger partial charge is 0.343 e. The molecule has 0 unspecified atom stereocenters. The van der Waals surface area contributed by atoms with Gasteiger partial charge in [-0.25, -0.2) is 0 Å². The fourth-order valence-electron chi connectivity index (χ4n) is 3.06. The van der Waals surface area contributed by atoms with Gasteiger partial charge in [0, 0.05) is 28.2 Å². The van der Waals surface area contributed by atoms with E-state index in [9.17, 15) is 9.59 Å². The Morgan fingerprint density at radius 1 is 0.781 bits per heavy atom. The first-order valence-electron chi connectivity index (χ1n) is 9.69. The van der Waals surface area contributed by atoms with Crippen molar-refractivity contribution in [1.29, 1.82) is 0 Å². The van der Waals surface area contributed by atoms with E-state index in [0.29, 0.717) is 23.0 Å². The molecule has 0 radical (unpaired) electrons. The zero-order valence-corrected chi connectivity index (χ0v) is 19.5. The zero-order chi connectivity index (χ0) is 22.2. The van der Waals surface area contributed by atoms with E-state index in [1.807, 2.05) is 38.1 Å². The van der Waals surface area contributed by atoms with Gasteiger partial charge in [-0.05, 0) is 39.8 Å². The van der Waals surface area contributed by atoms with Crippen molar-refractivity contribution in [3.8, 4) is 11.6 Å². The maximum absolute atomic E-state index is 11.5. The molecule has 32 heavy (non-hydrogen) atoms. The maximum Gasteiger partial charge on any atom is 2.00 e. The molecular weight excluding hydrogens is 499 g/mol. The van der Waals surface area contributed by atoms with E-state index < -0.39 is 5.41 Å². The molecule has 0 aliphatic heterocycles. The molecule has 0 amide bonds. The average Bonchev–Trinajstić information content (AvgIpc) is 3.44. The van der Waals surface area contributed by atoms with E-state index in [-0.39, 0.29) is 32.0 Å². The Morgan fingerprint density at radius 3 is 1.53 bits per heavy atom. The molecule has 4 aromatic rings. The van der Waals surface area contributed by atoms with Gasteiger partial charge in [0.2, 0.25) is 0 Å². The van der Waals surface area contributed by atoms with Crippen molar-refractivity contribution < 1.29 is 30.0 Å². The van der Waals surface area contributed by atoms with Gasteiger partial charge in [0.25, 0.3) is 0 Å². The van der Waals surface area contributed by atoms with Crippen LogP contribution in [-0.4, -0.2) is 41.1 Å². The summed E-state index contributed by atoms with van der Waals surface area (Å²) in [5.41, 5.74) is 1.68. The second-order valence-corrected chi connectivity index (χ2v) is 7.64. The third kappa shape index (κ3) is 4.49. The molecule has 0 atom stereocenters. The first-order valence-corrected chi connectivity index (χ1v) is 9.69. The van der Waals surface area contributed by atoms with Crippen molar-refractivity contribution in [3.63, 3.8) is 0 Å². The van der Waals surface area contributed by atoms with Gasteiger partial charge in [0.05, 0.1) is 11.6 Å². The summed E-state index contributed by atoms with van der Waals surface area (Å²) in [6.07, 6.45) is 5.85. The molecule has 0 saturated carbocycles. The number of carbonyl (C=O) groups is 2. The SMILES string of the molecule is CC(=O)c1c[c-]n(-c2cccc(C(C)(C)c3cccc(-n4[c-]cc(C(C)=O)n4)n3)n2)n1.[Pd+2]. The summed E-state index contributed by atoms with van der Waals surface area (Å²) in [6.45, 7) is 6.96. The van der Waals surface area contributed by atoms with E-state index >= 15 is 0 Å². The third-order valence-corrected chi connectivity index (χ3v) is 4.97. The molecule has 0 aliphatic rings. The van der Waals surface area contributed by atoms with Crippen molar-refractivity contribution in [2.24, 2.45) is 0 Å². The van der Waals surface area contributed by atoms with Crippen LogP contribution in [0.25, 0.3) is 11.6 Å². The number of carbonyl (C=O) groups excluding carboxylic acids is 2. The van der Waals surface area contributed by atoms with Crippen LogP contribution in [-0.2, 0) is 25.8 Å². The normalized spacial score (nSPS) is 11.1. The van der Waals surface area contributed by atoms with Crippen LogP contribution in [0.2, 0.25) is 0 Å². The van der Waals surface area contributed by atoms with Crippen LogP contribution in [0.3, 0.4) is 0 Å². The van der Waals surface area contributed by atoms with E-state index in [0.717, 1.165) is 11.4 Å². The molecule has 9 heteroatoms. The standard InChI is InChI=1S/C23H20N6O2.Pd/c1-15(30)17-11-13-28(26-17)21-9-5-7-19(24-21)23(3,4)20-8-6-10-22(25-20)29-14-12-18(27-29)16(2)31;/h5-12H,1-4H3;/q-2;+2. The summed E-state index contributed by atoms with van der Waals surface area (Å²) in [5.74, 6) is 0.855. The molecule has 0 aliphatic carbocycles. The quantitative estimate of drug-likeness (QED) is 0.221. The van der Waals surface area contributed by atoms with E-state index in [1.165, 1.54) is 23.2 Å². The van der Waals surface area contributed by atoms with Crippen LogP contribution >= 0.6 is 0 Å². The Morgan fingerprint density at radius 2 is 1.19 bits per heavy atom. The first-order chi connectivity index (χ1) is 14.8. The van der Waals surface area contributed by atoms with E-state index in [4.69, 9.17) is 9.97 Å². The molecular formula is C23H20N6O2Pd. The molecule has 0 spiro atoms. The summed E-state index contributed by atoms with van der Waals surface area (Å²) in [4.78, 5) is 32.5. The number of nitrogens with zero attached hydrogens (tertiary/aromatic N) is 6. The Hall–Kier alpha value is -3.28. The van der Waals surface area contributed by atoms with Crippen LogP contribution in [0, 0.1) is 12.4 Å². The Bertz CT molecular complexity index is 1190. The fraction of sp³-hybridized carbons (Fsp3) is 0.217. The molecule has 0 bridgehead atoms. The van der Waals surface area contributed by atoms with Crippen LogP contribution in [0.1, 0.15) is 60.1 Å². The van der Waals surface area contributed by atoms with Gasteiger partial charge in [-0.15, -0.1) is 12.1 Å². The molecule has 4 rings (SSSR count). The van der Waals surface area contributed by atoms with Crippen molar-refractivity contribution in [1.82, 2.24) is 29.5 Å². The molecule has 4 aromatic heterocycles. The van der Waals surface area contributed by atoms with Crippen LogP contribution < -0.4 is 0 Å². The monoisotopic (exact) mass is 518 g/mol. The van der Waals surface area contributed by atoms with Gasteiger partial charge in [0.1, 0.15) is 11.6 Å². The first kappa shape index (κ1) is 23.4. The minimum absolute atomic E-state index is 0. The van der Waals surface area contributed by atoms with Crippen molar-refractivity contribution in [3.05, 3.63) is 83.7 Å². The third-order valence-electron chi connectivity index (χ3n) is 4.97. The number of hydrogen-bond donors (Lipinski definition) is 0. The summed E-state index contributed by atoms with van der Waals surface area (Å²) in [7, 11) is 0. The average molecular weight is 519 g/mol. The predicted octanol–water partition coefficient (Wildman–Crippen LogP) is 3.18. The van der Waals surface area contributed by atoms with Crippen LogP contribution in [0.5, 0.6) is 0 Å². The molecule has 4 heterocycles. The second kappa shape index (κ2) is 9.07. The van der Waals surface area contributed by atoms with Crippen LogP contribution in [0.4, 0.5) is 0 Å². The number of pyridine rings is 2. The number of hydrogen-bond acceptors (Lipinski definition) is 6. The summed E-state index contributed by atoms with van der Waals surface area (Å²) < 4.78 is 2.92. The Balaban J connectivity index is 0.00000289. The molecule has 0 saturated heterocycles. The van der Waals surface area contributed by atoms with Gasteiger partial charge >= 0.3 is 20.4 Å². The van der Waals surface area contributed by atoms with Gasteiger partial charge in [-0.1, -0.05) is 36.7 Å². The Kier molecular flexibility index (Phi) is 6.63. The van der Waals surface area contributed by atoms with E-state index in [2.05, 4.69) is 22.6 Å². The number of Topliss-reactive ketones (excluding diaryl/α,β-unsaturated/α-hetero) is 2. The molecule has 0 fully saturated rings. The maximum atomic E-state index is 11.5. The summed E-state index contributed by atoms with van der Waals surface area (Å²) in [6, 6.07) is 14.3. The van der Waals surface area contributed by atoms with Gasteiger partial charge < -0.3 is 19.0 Å².